The Labute approximate surface area is 180 Å². The minimum atomic E-state index is -0.458. The third kappa shape index (κ3) is 4.56. The number of ether oxygens (including phenoxy) is 2. The highest BCUT2D eigenvalue weighted by Gasteiger charge is 2.60. The lowest BCUT2D eigenvalue weighted by Gasteiger charge is -2.20. The average Bonchev–Trinajstić information content (AvgIpc) is 3.52. The minimum Gasteiger partial charge on any atom is -0.489 e. The number of hydrogen-bond acceptors (Lipinski definition) is 5. The van der Waals surface area contributed by atoms with Crippen molar-refractivity contribution in [1.82, 2.24) is 9.97 Å². The number of carbonyl (C=O) groups is 1. The van der Waals surface area contributed by atoms with E-state index in [4.69, 9.17) is 9.47 Å². The van der Waals surface area contributed by atoms with Crippen molar-refractivity contribution in [2.75, 3.05) is 19.0 Å². The molecule has 0 spiro atoms. The molecule has 0 aliphatic heterocycles. The van der Waals surface area contributed by atoms with E-state index in [1.54, 1.807) is 25.4 Å². The molecule has 1 aromatic heterocycles. The molecule has 7 heteroatoms. The van der Waals surface area contributed by atoms with E-state index in [1.807, 2.05) is 37.3 Å². The van der Waals surface area contributed by atoms with E-state index in [-0.39, 0.29) is 17.6 Å². The molecular formula is C24H24FN3O3. The maximum absolute atomic E-state index is 13.2. The van der Waals surface area contributed by atoms with Crippen LogP contribution in [0.5, 0.6) is 5.75 Å². The predicted octanol–water partition coefficient (Wildman–Crippen LogP) is 4.05. The van der Waals surface area contributed by atoms with Crippen molar-refractivity contribution >= 4 is 11.6 Å². The smallest absolute Gasteiger partial charge is 0.228 e. The molecule has 0 radical (unpaired) electrons. The molecule has 6 nitrogen and oxygen atoms in total. The van der Waals surface area contributed by atoms with Crippen LogP contribution >= 0.6 is 0 Å². The topological polar surface area (TPSA) is 73.3 Å². The van der Waals surface area contributed by atoms with Gasteiger partial charge in [0.25, 0.3) is 0 Å². The summed E-state index contributed by atoms with van der Waals surface area (Å²) in [7, 11) is 1.60. The largest absolute Gasteiger partial charge is 0.489 e. The summed E-state index contributed by atoms with van der Waals surface area (Å²) >= 11 is 0. The third-order valence-corrected chi connectivity index (χ3v) is 5.57. The van der Waals surface area contributed by atoms with Gasteiger partial charge in [-0.25, -0.2) is 14.4 Å². The molecule has 1 N–H and O–H groups in total. The quantitative estimate of drug-likeness (QED) is 0.594. The van der Waals surface area contributed by atoms with Crippen LogP contribution in [-0.2, 0) is 21.6 Å². The van der Waals surface area contributed by atoms with Crippen molar-refractivity contribution in [3.8, 4) is 5.75 Å². The average molecular weight is 421 g/mol. The predicted molar refractivity (Wildman–Crippen MR) is 114 cm³/mol. The monoisotopic (exact) mass is 421 g/mol. The van der Waals surface area contributed by atoms with E-state index in [0.717, 1.165) is 5.56 Å². The van der Waals surface area contributed by atoms with Gasteiger partial charge < -0.3 is 14.8 Å². The molecule has 0 bridgehead atoms. The summed E-state index contributed by atoms with van der Waals surface area (Å²) in [5, 5.41) is 2.89. The van der Waals surface area contributed by atoms with Crippen molar-refractivity contribution in [1.29, 1.82) is 0 Å². The number of aromatic nitrogens is 2. The Morgan fingerprint density at radius 3 is 2.65 bits per heavy atom. The third-order valence-electron chi connectivity index (χ3n) is 5.57. The van der Waals surface area contributed by atoms with Gasteiger partial charge in [-0.05, 0) is 43.2 Å². The maximum atomic E-state index is 13.2. The van der Waals surface area contributed by atoms with Crippen molar-refractivity contribution in [3.05, 3.63) is 83.7 Å². The molecule has 2 aromatic carbocycles. The summed E-state index contributed by atoms with van der Waals surface area (Å²) in [4.78, 5) is 21.6. The number of amides is 1. The zero-order chi connectivity index (χ0) is 21.8. The number of anilines is 1. The van der Waals surface area contributed by atoms with Crippen molar-refractivity contribution < 1.29 is 18.7 Å². The van der Waals surface area contributed by atoms with Crippen LogP contribution in [0.2, 0.25) is 0 Å². The van der Waals surface area contributed by atoms with Gasteiger partial charge in [0.2, 0.25) is 5.91 Å². The van der Waals surface area contributed by atoms with Gasteiger partial charge in [-0.1, -0.05) is 30.3 Å². The van der Waals surface area contributed by atoms with Gasteiger partial charge in [0, 0.05) is 18.2 Å². The number of rotatable bonds is 8. The van der Waals surface area contributed by atoms with Gasteiger partial charge in [-0.3, -0.25) is 4.79 Å². The van der Waals surface area contributed by atoms with E-state index >= 15 is 0 Å². The zero-order valence-electron chi connectivity index (χ0n) is 17.5. The first-order valence-corrected chi connectivity index (χ1v) is 10.1. The molecule has 2 atom stereocenters. The number of carbonyl (C=O) groups excluding carboxylic acids is 1. The van der Waals surface area contributed by atoms with Crippen LogP contribution in [0, 0.1) is 18.7 Å². The fourth-order valence-electron chi connectivity index (χ4n) is 3.82. The molecule has 4 rings (SSSR count). The zero-order valence-corrected chi connectivity index (χ0v) is 17.5. The second-order valence-corrected chi connectivity index (χ2v) is 7.72. The Bertz CT molecular complexity index is 1060. The van der Waals surface area contributed by atoms with E-state index in [2.05, 4.69) is 15.3 Å². The summed E-state index contributed by atoms with van der Waals surface area (Å²) in [6.45, 7) is 2.43. The molecule has 1 saturated carbocycles. The Morgan fingerprint density at radius 1 is 1.19 bits per heavy atom. The number of methoxy groups -OCH3 is 1. The number of halogens is 1. The van der Waals surface area contributed by atoms with E-state index in [0.29, 0.717) is 42.6 Å². The fourth-order valence-corrected chi connectivity index (χ4v) is 3.82. The fraction of sp³-hybridized carbons (Fsp3) is 0.292. The summed E-state index contributed by atoms with van der Waals surface area (Å²) in [6.07, 6.45) is 2.29. The lowest BCUT2D eigenvalue weighted by molar-refractivity contribution is -0.117. The van der Waals surface area contributed by atoms with Crippen LogP contribution in [0.15, 0.2) is 60.8 Å². The van der Waals surface area contributed by atoms with E-state index in [9.17, 15) is 9.18 Å². The van der Waals surface area contributed by atoms with Gasteiger partial charge in [-0.15, -0.1) is 0 Å². The number of aryl methyl sites for hydroxylation is 1. The highest BCUT2D eigenvalue weighted by molar-refractivity contribution is 5.96. The van der Waals surface area contributed by atoms with Crippen molar-refractivity contribution in [3.63, 3.8) is 0 Å². The normalized spacial score (nSPS) is 19.6. The second-order valence-electron chi connectivity index (χ2n) is 7.72. The Hall–Kier alpha value is -3.32. The summed E-state index contributed by atoms with van der Waals surface area (Å²) in [5.41, 5.74) is 1.82. The first-order valence-electron chi connectivity index (χ1n) is 10.1. The lowest BCUT2D eigenvalue weighted by atomic mass is 9.93. The maximum Gasteiger partial charge on any atom is 0.228 e. The van der Waals surface area contributed by atoms with Gasteiger partial charge in [-0.2, -0.15) is 0 Å². The van der Waals surface area contributed by atoms with Gasteiger partial charge in [0.1, 0.15) is 17.3 Å². The molecule has 1 aliphatic carbocycles. The molecule has 1 aliphatic rings. The van der Waals surface area contributed by atoms with Gasteiger partial charge >= 0.3 is 0 Å². The number of benzene rings is 2. The Kier molecular flexibility index (Phi) is 5.95. The molecule has 1 amide bonds. The number of hydrogen-bond donors (Lipinski definition) is 1. The summed E-state index contributed by atoms with van der Waals surface area (Å²) in [6, 6.07) is 15.6. The standard InChI is InChI=1S/C24H24FN3O3/c1-16-26-13-22(21(27-16)14-30-2)31-15-24(17-6-4-3-5-7-17)12-20(24)23(29)28-19-10-8-18(25)9-11-19/h3-11,13,20H,12,14-15H2,1-2H3,(H,28,29). The van der Waals surface area contributed by atoms with Crippen LogP contribution in [0.4, 0.5) is 10.1 Å². The molecule has 160 valence electrons. The number of nitrogens with zero attached hydrogens (tertiary/aromatic N) is 2. The number of nitrogens with one attached hydrogen (secondary N) is 1. The van der Waals surface area contributed by atoms with Gasteiger partial charge in [0.15, 0.2) is 5.75 Å². The lowest BCUT2D eigenvalue weighted by Crippen LogP contribution is -2.26. The summed E-state index contributed by atoms with van der Waals surface area (Å²) < 4.78 is 24.5. The van der Waals surface area contributed by atoms with Crippen molar-refractivity contribution in [2.45, 2.75) is 25.4 Å². The molecular weight excluding hydrogens is 397 g/mol. The first-order chi connectivity index (χ1) is 15.0. The Morgan fingerprint density at radius 2 is 1.94 bits per heavy atom. The van der Waals surface area contributed by atoms with Crippen LogP contribution in [0.25, 0.3) is 0 Å². The van der Waals surface area contributed by atoms with E-state index in [1.165, 1.54) is 12.1 Å². The molecule has 1 fully saturated rings. The Balaban J connectivity index is 1.54. The minimum absolute atomic E-state index is 0.115. The SMILES string of the molecule is COCc1nc(C)ncc1OCC1(c2ccccc2)CC1C(=O)Nc1ccc(F)cc1. The molecule has 3 aromatic rings. The highest BCUT2D eigenvalue weighted by Crippen LogP contribution is 2.55. The van der Waals surface area contributed by atoms with E-state index < -0.39 is 5.41 Å². The van der Waals surface area contributed by atoms with Crippen LogP contribution in [0.3, 0.4) is 0 Å². The van der Waals surface area contributed by atoms with Crippen LogP contribution < -0.4 is 10.1 Å². The van der Waals surface area contributed by atoms with Crippen LogP contribution in [-0.4, -0.2) is 29.6 Å². The molecule has 31 heavy (non-hydrogen) atoms. The molecule has 0 saturated heterocycles. The van der Waals surface area contributed by atoms with Crippen LogP contribution in [0.1, 0.15) is 23.5 Å². The molecule has 1 heterocycles. The summed E-state index contributed by atoms with van der Waals surface area (Å²) in [5.74, 6) is 0.463. The molecule has 2 unspecified atom stereocenters. The second kappa shape index (κ2) is 8.81. The van der Waals surface area contributed by atoms with Crippen molar-refractivity contribution in [2.24, 2.45) is 5.92 Å². The highest BCUT2D eigenvalue weighted by atomic mass is 19.1. The first kappa shape index (κ1) is 20.9. The van der Waals surface area contributed by atoms with Gasteiger partial charge in [0.05, 0.1) is 25.3 Å².